The topological polar surface area (TPSA) is 77.8 Å². The van der Waals surface area contributed by atoms with Crippen LogP contribution in [0.4, 0.5) is 5.69 Å². The first-order valence-electron chi connectivity index (χ1n) is 5.91. The zero-order valence-corrected chi connectivity index (χ0v) is 12.2. The van der Waals surface area contributed by atoms with Crippen molar-refractivity contribution in [2.45, 2.75) is 13.3 Å². The molecule has 102 valence electrons. The molecule has 2 aromatic heterocycles. The molecule has 0 aliphatic heterocycles. The van der Waals surface area contributed by atoms with E-state index in [-0.39, 0.29) is 0 Å². The largest absolute Gasteiger partial charge is 0.398 e. The van der Waals surface area contributed by atoms with Crippen LogP contribution >= 0.6 is 22.9 Å². The molecular weight excluding hydrogens is 296 g/mol. The number of hydrogen-bond donors (Lipinski definition) is 1. The molecule has 5 nitrogen and oxygen atoms in total. The molecule has 0 aliphatic carbocycles. The van der Waals surface area contributed by atoms with Crippen LogP contribution in [-0.4, -0.2) is 15.1 Å². The Balaban J connectivity index is 1.84. The van der Waals surface area contributed by atoms with Crippen molar-refractivity contribution in [2.75, 3.05) is 5.73 Å². The second kappa shape index (κ2) is 5.22. The van der Waals surface area contributed by atoms with Gasteiger partial charge in [-0.2, -0.15) is 4.98 Å². The van der Waals surface area contributed by atoms with Gasteiger partial charge in [0.1, 0.15) is 0 Å². The summed E-state index contributed by atoms with van der Waals surface area (Å²) >= 11 is 7.58. The van der Waals surface area contributed by atoms with Gasteiger partial charge in [0, 0.05) is 10.9 Å². The fraction of sp³-hybridized carbons (Fsp3) is 0.154. The number of benzene rings is 1. The number of nitrogens with zero attached hydrogens (tertiary/aromatic N) is 3. The summed E-state index contributed by atoms with van der Waals surface area (Å²) in [6.07, 6.45) is 0.552. The molecule has 0 unspecified atom stereocenters. The van der Waals surface area contributed by atoms with E-state index in [9.17, 15) is 0 Å². The Kier molecular flexibility index (Phi) is 3.42. The molecule has 0 saturated carbocycles. The second-order valence-electron chi connectivity index (χ2n) is 4.29. The lowest BCUT2D eigenvalue weighted by molar-refractivity contribution is 0.423. The maximum atomic E-state index is 5.98. The van der Waals surface area contributed by atoms with Crippen LogP contribution in [0.15, 0.2) is 28.1 Å². The van der Waals surface area contributed by atoms with Crippen molar-refractivity contribution < 1.29 is 4.52 Å². The number of hydrogen-bond acceptors (Lipinski definition) is 6. The van der Waals surface area contributed by atoms with Crippen LogP contribution in [0, 0.1) is 6.92 Å². The third-order valence-corrected chi connectivity index (χ3v) is 3.87. The molecule has 0 spiro atoms. The SMILES string of the molecule is Cc1nc(Cc2noc(-c3ccc(N)c(Cl)c3)n2)cs1. The number of anilines is 1. The molecule has 0 bridgehead atoms. The molecule has 1 aromatic carbocycles. The molecule has 2 N–H and O–H groups in total. The number of aryl methyl sites for hydroxylation is 1. The normalized spacial score (nSPS) is 10.9. The summed E-state index contributed by atoms with van der Waals surface area (Å²) in [6, 6.07) is 5.22. The van der Waals surface area contributed by atoms with E-state index < -0.39 is 0 Å². The number of halogens is 1. The maximum absolute atomic E-state index is 5.98. The van der Waals surface area contributed by atoms with Crippen LogP contribution in [0.5, 0.6) is 0 Å². The first kappa shape index (κ1) is 13.1. The second-order valence-corrected chi connectivity index (χ2v) is 5.76. The van der Waals surface area contributed by atoms with Crippen molar-refractivity contribution in [1.29, 1.82) is 0 Å². The third-order valence-electron chi connectivity index (χ3n) is 2.72. The highest BCUT2D eigenvalue weighted by molar-refractivity contribution is 7.09. The lowest BCUT2D eigenvalue weighted by Gasteiger charge is -1.98. The summed E-state index contributed by atoms with van der Waals surface area (Å²) < 4.78 is 5.24. The van der Waals surface area contributed by atoms with Gasteiger partial charge in [-0.05, 0) is 25.1 Å². The molecule has 0 aliphatic rings. The first-order valence-corrected chi connectivity index (χ1v) is 7.16. The fourth-order valence-electron chi connectivity index (χ4n) is 1.75. The summed E-state index contributed by atoms with van der Waals surface area (Å²) in [5.41, 5.74) is 7.88. The Bertz CT molecular complexity index is 752. The Labute approximate surface area is 124 Å². The van der Waals surface area contributed by atoms with Crippen molar-refractivity contribution in [1.82, 2.24) is 15.1 Å². The van der Waals surface area contributed by atoms with Crippen LogP contribution < -0.4 is 5.73 Å². The minimum absolute atomic E-state index is 0.425. The highest BCUT2D eigenvalue weighted by Crippen LogP contribution is 2.26. The molecule has 0 atom stereocenters. The average Bonchev–Trinajstić information content (AvgIpc) is 3.03. The Morgan fingerprint density at radius 2 is 2.20 bits per heavy atom. The van der Waals surface area contributed by atoms with Gasteiger partial charge in [-0.3, -0.25) is 0 Å². The van der Waals surface area contributed by atoms with Gasteiger partial charge < -0.3 is 10.3 Å². The van der Waals surface area contributed by atoms with Crippen molar-refractivity contribution in [3.63, 3.8) is 0 Å². The maximum Gasteiger partial charge on any atom is 0.257 e. The van der Waals surface area contributed by atoms with Crippen LogP contribution in [0.3, 0.4) is 0 Å². The van der Waals surface area contributed by atoms with E-state index in [1.165, 1.54) is 0 Å². The Hall–Kier alpha value is -1.92. The lowest BCUT2D eigenvalue weighted by Crippen LogP contribution is -1.91. The molecule has 2 heterocycles. The summed E-state index contributed by atoms with van der Waals surface area (Å²) in [4.78, 5) is 8.72. The van der Waals surface area contributed by atoms with E-state index in [2.05, 4.69) is 15.1 Å². The number of nitrogen functional groups attached to an aromatic ring is 1. The molecule has 0 amide bonds. The zero-order chi connectivity index (χ0) is 14.1. The van der Waals surface area contributed by atoms with E-state index in [1.54, 1.807) is 29.5 Å². The third kappa shape index (κ3) is 2.66. The average molecular weight is 307 g/mol. The van der Waals surface area contributed by atoms with Gasteiger partial charge in [-0.25, -0.2) is 4.98 Å². The van der Waals surface area contributed by atoms with Crippen LogP contribution in [0.1, 0.15) is 16.5 Å². The van der Waals surface area contributed by atoms with Crippen LogP contribution in [0.2, 0.25) is 5.02 Å². The van der Waals surface area contributed by atoms with Gasteiger partial charge in [0.2, 0.25) is 0 Å². The molecule has 20 heavy (non-hydrogen) atoms. The summed E-state index contributed by atoms with van der Waals surface area (Å²) in [6.45, 7) is 1.96. The standard InChI is InChI=1S/C13H11ClN4OS/c1-7-16-9(6-20-7)5-12-17-13(19-18-12)8-2-3-11(15)10(14)4-8/h2-4,6H,5,15H2,1H3. The fourth-order valence-corrected chi connectivity index (χ4v) is 2.55. The molecule has 0 fully saturated rings. The van der Waals surface area contributed by atoms with E-state index in [4.69, 9.17) is 21.9 Å². The van der Waals surface area contributed by atoms with Gasteiger partial charge in [0.25, 0.3) is 5.89 Å². The van der Waals surface area contributed by atoms with Crippen molar-refractivity contribution in [2.24, 2.45) is 0 Å². The minimum Gasteiger partial charge on any atom is -0.398 e. The van der Waals surface area contributed by atoms with Gasteiger partial charge in [-0.1, -0.05) is 16.8 Å². The highest BCUT2D eigenvalue weighted by atomic mass is 35.5. The van der Waals surface area contributed by atoms with Gasteiger partial charge in [0.15, 0.2) is 5.82 Å². The number of rotatable bonds is 3. The minimum atomic E-state index is 0.425. The van der Waals surface area contributed by atoms with E-state index >= 15 is 0 Å². The van der Waals surface area contributed by atoms with Crippen molar-refractivity contribution in [3.8, 4) is 11.5 Å². The highest BCUT2D eigenvalue weighted by Gasteiger charge is 2.11. The number of aromatic nitrogens is 3. The van der Waals surface area contributed by atoms with Crippen molar-refractivity contribution in [3.05, 3.63) is 45.1 Å². The zero-order valence-electron chi connectivity index (χ0n) is 10.6. The van der Waals surface area contributed by atoms with Gasteiger partial charge in [-0.15, -0.1) is 11.3 Å². The summed E-state index contributed by atoms with van der Waals surface area (Å²) in [5.74, 6) is 1.02. The van der Waals surface area contributed by atoms with E-state index in [1.807, 2.05) is 12.3 Å². The molecule has 3 aromatic rings. The van der Waals surface area contributed by atoms with Gasteiger partial charge >= 0.3 is 0 Å². The first-order chi connectivity index (χ1) is 9.61. The van der Waals surface area contributed by atoms with Gasteiger partial charge in [0.05, 0.1) is 27.8 Å². The lowest BCUT2D eigenvalue weighted by atomic mass is 10.2. The molecular formula is C13H11ClN4OS. The summed E-state index contributed by atoms with van der Waals surface area (Å²) in [5, 5.41) is 7.44. The number of nitrogens with two attached hydrogens (primary N) is 1. The van der Waals surface area contributed by atoms with Crippen molar-refractivity contribution >= 4 is 28.6 Å². The summed E-state index contributed by atoms with van der Waals surface area (Å²) in [7, 11) is 0. The monoisotopic (exact) mass is 306 g/mol. The quantitative estimate of drug-likeness (QED) is 0.751. The predicted molar refractivity (Wildman–Crippen MR) is 78.8 cm³/mol. The Morgan fingerprint density at radius 1 is 1.35 bits per heavy atom. The molecule has 7 heteroatoms. The predicted octanol–water partition coefficient (Wildman–Crippen LogP) is 3.33. The smallest absolute Gasteiger partial charge is 0.257 e. The molecule has 0 saturated heterocycles. The Morgan fingerprint density at radius 3 is 2.90 bits per heavy atom. The van der Waals surface area contributed by atoms with E-state index in [0.717, 1.165) is 16.3 Å². The van der Waals surface area contributed by atoms with Crippen LogP contribution in [-0.2, 0) is 6.42 Å². The van der Waals surface area contributed by atoms with Crippen LogP contribution in [0.25, 0.3) is 11.5 Å². The number of thiazole rings is 1. The van der Waals surface area contributed by atoms with E-state index in [0.29, 0.717) is 28.8 Å². The molecule has 0 radical (unpaired) electrons. The molecule has 3 rings (SSSR count).